The van der Waals surface area contributed by atoms with E-state index in [1.165, 1.54) is 0 Å². The van der Waals surface area contributed by atoms with Gasteiger partial charge in [0.05, 0.1) is 22.3 Å². The van der Waals surface area contributed by atoms with Gasteiger partial charge < -0.3 is 10.6 Å². The molecule has 1 unspecified atom stereocenters. The molecule has 1 aromatic carbocycles. The molecule has 0 aliphatic carbocycles. The summed E-state index contributed by atoms with van der Waals surface area (Å²) in [6, 6.07) is 5.44. The second-order valence-electron chi connectivity index (χ2n) is 4.89. The van der Waals surface area contributed by atoms with E-state index in [1.807, 2.05) is 0 Å². The van der Waals surface area contributed by atoms with Crippen molar-refractivity contribution >= 4 is 34.8 Å². The maximum Gasteiger partial charge on any atom is 0.238 e. The Morgan fingerprint density at radius 2 is 1.75 bits per heavy atom. The molecule has 5 heteroatoms. The van der Waals surface area contributed by atoms with E-state index in [0.29, 0.717) is 27.7 Å². The van der Waals surface area contributed by atoms with Crippen LogP contribution in [0.5, 0.6) is 0 Å². The van der Waals surface area contributed by atoms with Crippen LogP contribution in [-0.2, 0) is 4.79 Å². The Morgan fingerprint density at radius 3 is 2.25 bits per heavy atom. The largest absolute Gasteiger partial charge is 0.322 e. The molecule has 0 aliphatic heterocycles. The lowest BCUT2D eigenvalue weighted by Crippen LogP contribution is -2.38. The number of rotatable bonds is 7. The molecule has 0 heterocycles. The van der Waals surface area contributed by atoms with Crippen molar-refractivity contribution in [3.8, 4) is 0 Å². The lowest BCUT2D eigenvalue weighted by molar-refractivity contribution is -0.115. The third-order valence-electron chi connectivity index (χ3n) is 3.57. The molecule has 0 aliphatic rings. The molecule has 0 spiro atoms. The van der Waals surface area contributed by atoms with Crippen LogP contribution in [0.4, 0.5) is 5.69 Å². The van der Waals surface area contributed by atoms with Gasteiger partial charge in [-0.05, 0) is 25.0 Å². The molecule has 20 heavy (non-hydrogen) atoms. The molecule has 0 saturated heterocycles. The summed E-state index contributed by atoms with van der Waals surface area (Å²) in [5.74, 6) is 0.435. The average molecular weight is 317 g/mol. The van der Waals surface area contributed by atoms with E-state index in [2.05, 4.69) is 31.4 Å². The molecule has 0 aromatic heterocycles. The first-order chi connectivity index (χ1) is 9.49. The quantitative estimate of drug-likeness (QED) is 0.785. The van der Waals surface area contributed by atoms with Gasteiger partial charge >= 0.3 is 0 Å². The highest BCUT2D eigenvalue weighted by Crippen LogP contribution is 2.29. The third-order valence-corrected chi connectivity index (χ3v) is 4.20. The molecule has 1 aromatic rings. The van der Waals surface area contributed by atoms with Crippen LogP contribution in [0.1, 0.15) is 33.6 Å². The highest BCUT2D eigenvalue weighted by atomic mass is 35.5. The molecule has 0 radical (unpaired) electrons. The van der Waals surface area contributed by atoms with Crippen LogP contribution < -0.4 is 10.6 Å². The first kappa shape index (κ1) is 17.3. The maximum absolute atomic E-state index is 11.9. The van der Waals surface area contributed by atoms with E-state index in [1.54, 1.807) is 18.2 Å². The molecule has 0 saturated carbocycles. The number of amides is 1. The van der Waals surface area contributed by atoms with Gasteiger partial charge in [-0.25, -0.2) is 0 Å². The zero-order valence-corrected chi connectivity index (χ0v) is 13.7. The van der Waals surface area contributed by atoms with Crippen LogP contribution in [0, 0.1) is 5.92 Å². The number of benzene rings is 1. The SMILES string of the molecule is CCC(CC)C(C)NCC(=O)Nc1c(Cl)cccc1Cl. The normalized spacial score (nSPS) is 12.5. The fourth-order valence-electron chi connectivity index (χ4n) is 2.22. The highest BCUT2D eigenvalue weighted by molar-refractivity contribution is 6.39. The van der Waals surface area contributed by atoms with Crippen molar-refractivity contribution in [1.29, 1.82) is 0 Å². The van der Waals surface area contributed by atoms with E-state index in [-0.39, 0.29) is 12.5 Å². The molecule has 0 bridgehead atoms. The van der Waals surface area contributed by atoms with E-state index >= 15 is 0 Å². The molecular formula is C15H22Cl2N2O. The smallest absolute Gasteiger partial charge is 0.238 e. The standard InChI is InChI=1S/C15H22Cl2N2O/c1-4-11(5-2)10(3)18-9-14(20)19-15-12(16)7-6-8-13(15)17/h6-8,10-11,18H,4-5,9H2,1-3H3,(H,19,20). The molecule has 1 amide bonds. The van der Waals surface area contributed by atoms with E-state index in [4.69, 9.17) is 23.2 Å². The second kappa shape index (κ2) is 8.50. The van der Waals surface area contributed by atoms with Crippen LogP contribution in [0.2, 0.25) is 10.0 Å². The van der Waals surface area contributed by atoms with Crippen LogP contribution >= 0.6 is 23.2 Å². The van der Waals surface area contributed by atoms with Crippen molar-refractivity contribution < 1.29 is 4.79 Å². The van der Waals surface area contributed by atoms with Crippen LogP contribution in [0.15, 0.2) is 18.2 Å². The lowest BCUT2D eigenvalue weighted by atomic mass is 9.95. The van der Waals surface area contributed by atoms with Gasteiger partial charge in [-0.15, -0.1) is 0 Å². The summed E-state index contributed by atoms with van der Waals surface area (Å²) in [7, 11) is 0. The Bertz CT molecular complexity index is 427. The predicted molar refractivity (Wildman–Crippen MR) is 86.6 cm³/mol. The lowest BCUT2D eigenvalue weighted by Gasteiger charge is -2.22. The summed E-state index contributed by atoms with van der Waals surface area (Å²) in [6.45, 7) is 6.68. The monoisotopic (exact) mass is 316 g/mol. The maximum atomic E-state index is 11.9. The van der Waals surface area contributed by atoms with Crippen molar-refractivity contribution in [2.24, 2.45) is 5.92 Å². The molecule has 1 rings (SSSR count). The van der Waals surface area contributed by atoms with Gasteiger partial charge in [-0.3, -0.25) is 4.79 Å². The van der Waals surface area contributed by atoms with E-state index in [9.17, 15) is 4.79 Å². The first-order valence-electron chi connectivity index (χ1n) is 6.96. The Labute approximate surface area is 131 Å². The van der Waals surface area contributed by atoms with Gasteiger partial charge in [0.1, 0.15) is 0 Å². The number of carbonyl (C=O) groups is 1. The number of para-hydroxylation sites is 1. The number of halogens is 2. The minimum atomic E-state index is -0.141. The van der Waals surface area contributed by atoms with Gasteiger partial charge in [0.15, 0.2) is 0 Å². The molecule has 1 atom stereocenters. The number of anilines is 1. The van der Waals surface area contributed by atoms with Crippen LogP contribution in [0.3, 0.4) is 0 Å². The van der Waals surface area contributed by atoms with Gasteiger partial charge in [0, 0.05) is 6.04 Å². The zero-order valence-electron chi connectivity index (χ0n) is 12.2. The van der Waals surface area contributed by atoms with Crippen LogP contribution in [0.25, 0.3) is 0 Å². The minimum Gasteiger partial charge on any atom is -0.322 e. The molecule has 0 fully saturated rings. The number of hydrogen-bond donors (Lipinski definition) is 2. The summed E-state index contributed by atoms with van der Waals surface area (Å²) in [4.78, 5) is 11.9. The Kier molecular flexibility index (Phi) is 7.35. The number of carbonyl (C=O) groups excluding carboxylic acids is 1. The zero-order chi connectivity index (χ0) is 15.1. The molecule has 3 nitrogen and oxygen atoms in total. The molecular weight excluding hydrogens is 295 g/mol. The predicted octanol–water partition coefficient (Wildman–Crippen LogP) is 4.35. The molecule has 112 valence electrons. The number of nitrogens with one attached hydrogen (secondary N) is 2. The molecule has 2 N–H and O–H groups in total. The Hall–Kier alpha value is -0.770. The summed E-state index contributed by atoms with van der Waals surface area (Å²) in [5, 5.41) is 6.88. The van der Waals surface area contributed by atoms with Crippen LogP contribution in [-0.4, -0.2) is 18.5 Å². The Morgan fingerprint density at radius 1 is 1.20 bits per heavy atom. The second-order valence-corrected chi connectivity index (χ2v) is 5.71. The minimum absolute atomic E-state index is 0.141. The summed E-state index contributed by atoms with van der Waals surface area (Å²) in [6.07, 6.45) is 2.20. The van der Waals surface area contributed by atoms with Crippen molar-refractivity contribution in [2.75, 3.05) is 11.9 Å². The summed E-state index contributed by atoms with van der Waals surface area (Å²) >= 11 is 12.0. The number of hydrogen-bond acceptors (Lipinski definition) is 2. The summed E-state index contributed by atoms with van der Waals surface area (Å²) < 4.78 is 0. The van der Waals surface area contributed by atoms with Gasteiger partial charge in [-0.2, -0.15) is 0 Å². The first-order valence-corrected chi connectivity index (χ1v) is 7.72. The van der Waals surface area contributed by atoms with Crippen molar-refractivity contribution in [3.05, 3.63) is 28.2 Å². The Balaban J connectivity index is 2.52. The highest BCUT2D eigenvalue weighted by Gasteiger charge is 2.15. The third kappa shape index (κ3) is 4.97. The van der Waals surface area contributed by atoms with Gasteiger partial charge in [-0.1, -0.05) is 56.0 Å². The average Bonchev–Trinajstić information content (AvgIpc) is 2.42. The fourth-order valence-corrected chi connectivity index (χ4v) is 2.71. The van der Waals surface area contributed by atoms with Gasteiger partial charge in [0.25, 0.3) is 0 Å². The van der Waals surface area contributed by atoms with Crippen molar-refractivity contribution in [1.82, 2.24) is 5.32 Å². The summed E-state index contributed by atoms with van der Waals surface area (Å²) in [5.41, 5.74) is 0.470. The van der Waals surface area contributed by atoms with Crippen molar-refractivity contribution in [3.63, 3.8) is 0 Å². The fraction of sp³-hybridized carbons (Fsp3) is 0.533. The van der Waals surface area contributed by atoms with E-state index < -0.39 is 0 Å². The topological polar surface area (TPSA) is 41.1 Å². The van der Waals surface area contributed by atoms with E-state index in [0.717, 1.165) is 12.8 Å². The van der Waals surface area contributed by atoms with Crippen molar-refractivity contribution in [2.45, 2.75) is 39.7 Å². The van der Waals surface area contributed by atoms with Gasteiger partial charge in [0.2, 0.25) is 5.91 Å².